The number of non-ortho nitro benzene ring substituents is 1. The highest BCUT2D eigenvalue weighted by Gasteiger charge is 2.13. The Bertz CT molecular complexity index is 752. The van der Waals surface area contributed by atoms with Gasteiger partial charge >= 0.3 is 0 Å². The molecule has 0 aromatic heterocycles. The first-order valence-electron chi connectivity index (χ1n) is 7.51. The van der Waals surface area contributed by atoms with E-state index < -0.39 is 4.92 Å². The second kappa shape index (κ2) is 8.53. The highest BCUT2D eigenvalue weighted by atomic mass is 16.6. The van der Waals surface area contributed by atoms with Gasteiger partial charge in [0.1, 0.15) is 0 Å². The summed E-state index contributed by atoms with van der Waals surface area (Å²) in [5, 5.41) is 14.9. The van der Waals surface area contributed by atoms with E-state index >= 15 is 0 Å². The molecule has 0 aliphatic rings. The zero-order valence-corrected chi connectivity index (χ0v) is 14.2. The maximum atomic E-state index is 10.8. The van der Waals surface area contributed by atoms with Crippen molar-refractivity contribution in [2.24, 2.45) is 5.10 Å². The van der Waals surface area contributed by atoms with Crippen LogP contribution in [0, 0.1) is 10.1 Å². The quantitative estimate of drug-likeness (QED) is 0.447. The number of nitrogens with one attached hydrogen (secondary N) is 1. The number of nitro benzene ring substituents is 1. The van der Waals surface area contributed by atoms with Gasteiger partial charge in [-0.1, -0.05) is 6.07 Å². The predicted octanol–water partition coefficient (Wildman–Crippen LogP) is 3.46. The summed E-state index contributed by atoms with van der Waals surface area (Å²) in [6.45, 7) is 2.35. The lowest BCUT2D eigenvalue weighted by Crippen LogP contribution is -2.00. The highest BCUT2D eigenvalue weighted by Crippen LogP contribution is 2.38. The molecule has 0 atom stereocenters. The van der Waals surface area contributed by atoms with Gasteiger partial charge in [0.25, 0.3) is 5.69 Å². The highest BCUT2D eigenvalue weighted by molar-refractivity contribution is 5.83. The van der Waals surface area contributed by atoms with Crippen molar-refractivity contribution in [3.63, 3.8) is 0 Å². The normalized spacial score (nSPS) is 10.5. The molecule has 0 saturated heterocycles. The van der Waals surface area contributed by atoms with Crippen LogP contribution in [0.25, 0.3) is 0 Å². The van der Waals surface area contributed by atoms with Gasteiger partial charge in [-0.25, -0.2) is 0 Å². The molecule has 25 heavy (non-hydrogen) atoms. The lowest BCUT2D eigenvalue weighted by Gasteiger charge is -2.14. The van der Waals surface area contributed by atoms with Gasteiger partial charge in [-0.05, 0) is 25.1 Å². The molecule has 0 saturated carbocycles. The van der Waals surface area contributed by atoms with Gasteiger partial charge in [0.2, 0.25) is 5.75 Å². The number of nitrogens with zero attached hydrogens (tertiary/aromatic N) is 2. The molecule has 2 aromatic rings. The van der Waals surface area contributed by atoms with Crippen molar-refractivity contribution in [2.45, 2.75) is 6.92 Å². The number of rotatable bonds is 8. The summed E-state index contributed by atoms with van der Waals surface area (Å²) in [7, 11) is 3.08. The van der Waals surface area contributed by atoms with E-state index in [-0.39, 0.29) is 5.69 Å². The minimum absolute atomic E-state index is 0.00962. The molecule has 0 aliphatic carbocycles. The van der Waals surface area contributed by atoms with E-state index in [9.17, 15) is 10.1 Å². The maximum absolute atomic E-state index is 10.8. The second-order valence-electron chi connectivity index (χ2n) is 4.87. The molecule has 0 fully saturated rings. The van der Waals surface area contributed by atoms with E-state index in [0.717, 1.165) is 5.56 Å². The molecule has 0 spiro atoms. The molecule has 0 radical (unpaired) electrons. The summed E-state index contributed by atoms with van der Waals surface area (Å²) in [4.78, 5) is 10.3. The Hall–Kier alpha value is -3.29. The fourth-order valence-electron chi connectivity index (χ4n) is 2.13. The smallest absolute Gasteiger partial charge is 0.271 e. The standard InChI is InChI=1S/C17H19N3O5/c1-4-25-17-15(23-2)8-12(9-16(17)24-3)11-18-19-13-6-5-7-14(10-13)20(21)22/h5-11,19H,4H2,1-3H3. The molecule has 0 unspecified atom stereocenters. The molecule has 0 aliphatic heterocycles. The van der Waals surface area contributed by atoms with Crippen LogP contribution in [-0.2, 0) is 0 Å². The van der Waals surface area contributed by atoms with Crippen LogP contribution in [0.3, 0.4) is 0 Å². The van der Waals surface area contributed by atoms with Gasteiger partial charge in [-0.3, -0.25) is 15.5 Å². The zero-order chi connectivity index (χ0) is 18.2. The molecular formula is C17H19N3O5. The van der Waals surface area contributed by atoms with Crippen LogP contribution >= 0.6 is 0 Å². The summed E-state index contributed by atoms with van der Waals surface area (Å²) in [5.74, 6) is 1.58. The number of ether oxygens (including phenoxy) is 3. The van der Waals surface area contributed by atoms with Gasteiger partial charge in [0, 0.05) is 17.7 Å². The Morgan fingerprint density at radius 2 is 1.88 bits per heavy atom. The number of benzene rings is 2. The molecule has 0 bridgehead atoms. The molecule has 2 aromatic carbocycles. The molecule has 132 valence electrons. The van der Waals surface area contributed by atoms with Gasteiger partial charge in [0.15, 0.2) is 11.5 Å². The molecule has 0 amide bonds. The van der Waals surface area contributed by atoms with E-state index in [2.05, 4.69) is 10.5 Å². The molecule has 8 heteroatoms. The lowest BCUT2D eigenvalue weighted by atomic mass is 10.2. The molecule has 8 nitrogen and oxygen atoms in total. The summed E-state index contributed by atoms with van der Waals surface area (Å²) >= 11 is 0. The van der Waals surface area contributed by atoms with Gasteiger partial charge < -0.3 is 14.2 Å². The number of hydrogen-bond donors (Lipinski definition) is 1. The summed E-state index contributed by atoms with van der Waals surface area (Å²) < 4.78 is 16.2. The Morgan fingerprint density at radius 1 is 1.20 bits per heavy atom. The SMILES string of the molecule is CCOc1c(OC)cc(C=NNc2cccc([N+](=O)[O-])c2)cc1OC. The minimum atomic E-state index is -0.461. The lowest BCUT2D eigenvalue weighted by molar-refractivity contribution is -0.384. The number of nitro groups is 1. The van der Waals surface area contributed by atoms with Crippen molar-refractivity contribution >= 4 is 17.6 Å². The van der Waals surface area contributed by atoms with E-state index in [0.29, 0.717) is 29.5 Å². The topological polar surface area (TPSA) is 95.2 Å². The average molecular weight is 345 g/mol. The fourth-order valence-corrected chi connectivity index (χ4v) is 2.13. The largest absolute Gasteiger partial charge is 0.493 e. The van der Waals surface area contributed by atoms with E-state index in [1.807, 2.05) is 6.92 Å². The number of anilines is 1. The Balaban J connectivity index is 2.20. The van der Waals surface area contributed by atoms with Crippen LogP contribution in [0.4, 0.5) is 11.4 Å². The van der Waals surface area contributed by atoms with Gasteiger partial charge in [-0.15, -0.1) is 0 Å². The summed E-state index contributed by atoms with van der Waals surface area (Å²) in [6, 6.07) is 9.59. The molecular weight excluding hydrogens is 326 g/mol. The predicted molar refractivity (Wildman–Crippen MR) is 95.0 cm³/mol. The van der Waals surface area contributed by atoms with E-state index in [1.54, 1.807) is 44.7 Å². The van der Waals surface area contributed by atoms with Crippen molar-refractivity contribution in [3.8, 4) is 17.2 Å². The maximum Gasteiger partial charge on any atom is 0.271 e. The van der Waals surface area contributed by atoms with E-state index in [1.165, 1.54) is 12.1 Å². The number of hydrazone groups is 1. The molecule has 2 rings (SSSR count). The van der Waals surface area contributed by atoms with Crippen LogP contribution in [0.5, 0.6) is 17.2 Å². The third kappa shape index (κ3) is 4.60. The number of hydrogen-bond acceptors (Lipinski definition) is 7. The van der Waals surface area contributed by atoms with Gasteiger partial charge in [0.05, 0.1) is 37.7 Å². The second-order valence-corrected chi connectivity index (χ2v) is 4.87. The molecule has 0 heterocycles. The number of methoxy groups -OCH3 is 2. The van der Waals surface area contributed by atoms with Crippen LogP contribution in [0.2, 0.25) is 0 Å². The average Bonchev–Trinajstić information content (AvgIpc) is 2.62. The van der Waals surface area contributed by atoms with Crippen LogP contribution in [-0.4, -0.2) is 32.0 Å². The Morgan fingerprint density at radius 3 is 2.44 bits per heavy atom. The van der Waals surface area contributed by atoms with Crippen LogP contribution in [0.1, 0.15) is 12.5 Å². The minimum Gasteiger partial charge on any atom is -0.493 e. The Kier molecular flexibility index (Phi) is 6.16. The first-order valence-corrected chi connectivity index (χ1v) is 7.51. The third-order valence-corrected chi connectivity index (χ3v) is 3.24. The van der Waals surface area contributed by atoms with Crippen molar-refractivity contribution in [1.29, 1.82) is 0 Å². The zero-order valence-electron chi connectivity index (χ0n) is 14.2. The summed E-state index contributed by atoms with van der Waals surface area (Å²) in [5.41, 5.74) is 3.97. The monoisotopic (exact) mass is 345 g/mol. The van der Waals surface area contributed by atoms with Crippen molar-refractivity contribution in [3.05, 3.63) is 52.1 Å². The fraction of sp³-hybridized carbons (Fsp3) is 0.235. The van der Waals surface area contributed by atoms with E-state index in [4.69, 9.17) is 14.2 Å². The van der Waals surface area contributed by atoms with Crippen molar-refractivity contribution < 1.29 is 19.1 Å². The van der Waals surface area contributed by atoms with Gasteiger partial charge in [-0.2, -0.15) is 5.10 Å². The van der Waals surface area contributed by atoms with Crippen molar-refractivity contribution in [1.82, 2.24) is 0 Å². The third-order valence-electron chi connectivity index (χ3n) is 3.24. The summed E-state index contributed by atoms with van der Waals surface area (Å²) in [6.07, 6.45) is 1.56. The van der Waals surface area contributed by atoms with Crippen LogP contribution in [0.15, 0.2) is 41.5 Å². The Labute approximate surface area is 145 Å². The van der Waals surface area contributed by atoms with Crippen molar-refractivity contribution in [2.75, 3.05) is 26.3 Å². The van der Waals surface area contributed by atoms with Crippen LogP contribution < -0.4 is 19.6 Å². The first kappa shape index (κ1) is 18.1. The first-order chi connectivity index (χ1) is 12.1. The molecule has 1 N–H and O–H groups in total.